The molecule has 11 unspecified atom stereocenters. The molecule has 0 spiro atoms. The van der Waals surface area contributed by atoms with Gasteiger partial charge in [-0.05, 0) is 32.1 Å². The Morgan fingerprint density at radius 2 is 1.14 bits per heavy atom. The van der Waals surface area contributed by atoms with E-state index in [1.54, 1.807) is 0 Å². The Balaban J connectivity index is 1.91. The molecule has 2 saturated heterocycles. The molecule has 0 amide bonds. The van der Waals surface area contributed by atoms with Gasteiger partial charge in [-0.3, -0.25) is 9.59 Å². The summed E-state index contributed by atoms with van der Waals surface area (Å²) in [7, 11) is 0. The second-order valence-corrected chi connectivity index (χ2v) is 13.4. The number of aliphatic hydroxyl groups is 7. The van der Waals surface area contributed by atoms with Crippen LogP contribution in [0, 0.1) is 0 Å². The number of hydrogen-bond acceptors (Lipinski definition) is 15. The Bertz CT molecular complexity index is 965. The molecule has 15 nitrogen and oxygen atoms in total. The third kappa shape index (κ3) is 16.8. The number of carbonyl (C=O) groups excluding carboxylic acids is 2. The van der Waals surface area contributed by atoms with E-state index in [9.17, 15) is 45.3 Å². The van der Waals surface area contributed by atoms with Crippen molar-refractivity contribution in [2.45, 2.75) is 178 Å². The zero-order chi connectivity index (χ0) is 37.6. The number of rotatable bonds is 26. The van der Waals surface area contributed by atoms with Gasteiger partial charge in [-0.1, -0.05) is 77.4 Å². The first-order valence-corrected chi connectivity index (χ1v) is 18.8. The summed E-state index contributed by atoms with van der Waals surface area (Å²) in [6, 6.07) is 0. The fourth-order valence-corrected chi connectivity index (χ4v) is 5.72. The van der Waals surface area contributed by atoms with Gasteiger partial charge in [0.05, 0.1) is 19.8 Å². The maximum absolute atomic E-state index is 12.7. The highest BCUT2D eigenvalue weighted by molar-refractivity contribution is 5.70. The highest BCUT2D eigenvalue weighted by Gasteiger charge is 2.47. The molecule has 51 heavy (non-hydrogen) atoms. The summed E-state index contributed by atoms with van der Waals surface area (Å²) >= 11 is 0. The maximum Gasteiger partial charge on any atom is 0.306 e. The molecule has 0 aliphatic carbocycles. The molecule has 15 heteroatoms. The second-order valence-electron chi connectivity index (χ2n) is 13.4. The quantitative estimate of drug-likeness (QED) is 0.0379. The molecule has 0 saturated carbocycles. The zero-order valence-electron chi connectivity index (χ0n) is 30.3. The van der Waals surface area contributed by atoms with Gasteiger partial charge in [-0.15, -0.1) is 0 Å². The average Bonchev–Trinajstić information content (AvgIpc) is 3.12. The molecule has 298 valence electrons. The third-order valence-corrected chi connectivity index (χ3v) is 8.99. The average molecular weight is 737 g/mol. The first-order chi connectivity index (χ1) is 24.5. The highest BCUT2D eigenvalue weighted by atomic mass is 16.7. The lowest BCUT2D eigenvalue weighted by molar-refractivity contribution is -0.332. The molecule has 2 rings (SSSR count). The predicted molar refractivity (Wildman–Crippen MR) is 183 cm³/mol. The van der Waals surface area contributed by atoms with E-state index in [1.165, 1.54) is 12.8 Å². The van der Waals surface area contributed by atoms with Gasteiger partial charge in [0.1, 0.15) is 55.4 Å². The monoisotopic (exact) mass is 736 g/mol. The molecule has 0 aromatic carbocycles. The number of allylic oxidation sites excluding steroid dienone is 2. The van der Waals surface area contributed by atoms with Gasteiger partial charge in [0.15, 0.2) is 18.7 Å². The SMILES string of the molecule is CCCC/C=C\CCCCCCCC(=O)OC(COC(=O)CCCCCC)COC1OC(COC2OC(CO)C(O)C(O)C2O)C(O)C(O)C1O. The minimum atomic E-state index is -1.76. The van der Waals surface area contributed by atoms with Crippen LogP contribution in [0.15, 0.2) is 12.2 Å². The number of ether oxygens (including phenoxy) is 6. The lowest BCUT2D eigenvalue weighted by Gasteiger charge is -2.42. The molecule has 11 atom stereocenters. The van der Waals surface area contributed by atoms with Crippen LogP contribution in [0.4, 0.5) is 0 Å². The maximum atomic E-state index is 12.7. The molecule has 0 bridgehead atoms. The van der Waals surface area contributed by atoms with Crippen molar-refractivity contribution in [3.05, 3.63) is 12.2 Å². The van der Waals surface area contributed by atoms with Gasteiger partial charge in [-0.2, -0.15) is 0 Å². The molecule has 2 heterocycles. The first kappa shape index (κ1) is 45.4. The summed E-state index contributed by atoms with van der Waals surface area (Å²) < 4.78 is 33.0. The van der Waals surface area contributed by atoms with Crippen LogP contribution in [-0.2, 0) is 38.0 Å². The van der Waals surface area contributed by atoms with Gasteiger partial charge in [0.25, 0.3) is 0 Å². The summed E-state index contributed by atoms with van der Waals surface area (Å²) in [4.78, 5) is 25.1. The van der Waals surface area contributed by atoms with Gasteiger partial charge in [-0.25, -0.2) is 0 Å². The van der Waals surface area contributed by atoms with Crippen molar-refractivity contribution in [3.63, 3.8) is 0 Å². The standard InChI is InChI=1S/C36H64O15/c1-3-5-7-9-10-11-12-13-14-15-17-19-28(39)49-24(21-46-27(38)18-16-8-6-4-2)22-47-35-34(45)32(43)30(41)26(51-35)23-48-36-33(44)31(42)29(40)25(20-37)50-36/h9-10,24-26,29-37,40-45H,3-8,11-23H2,1-2H3/b10-9-. The van der Waals surface area contributed by atoms with Crippen molar-refractivity contribution in [1.82, 2.24) is 0 Å². The number of hydrogen-bond donors (Lipinski definition) is 7. The van der Waals surface area contributed by atoms with Crippen LogP contribution in [0.1, 0.15) is 110 Å². The smallest absolute Gasteiger partial charge is 0.306 e. The normalized spacial score (nSPS) is 30.4. The van der Waals surface area contributed by atoms with Crippen LogP contribution < -0.4 is 0 Å². The Morgan fingerprint density at radius 1 is 0.608 bits per heavy atom. The molecule has 2 aliphatic heterocycles. The number of aliphatic hydroxyl groups excluding tert-OH is 7. The molecule has 7 N–H and O–H groups in total. The lowest BCUT2D eigenvalue weighted by atomic mass is 9.98. The van der Waals surface area contributed by atoms with Crippen LogP contribution in [0.5, 0.6) is 0 Å². The Labute approximate surface area is 301 Å². The van der Waals surface area contributed by atoms with Crippen molar-refractivity contribution in [1.29, 1.82) is 0 Å². The van der Waals surface area contributed by atoms with E-state index >= 15 is 0 Å². The fraction of sp³-hybridized carbons (Fsp3) is 0.889. The van der Waals surface area contributed by atoms with E-state index in [0.717, 1.165) is 57.8 Å². The summed E-state index contributed by atoms with van der Waals surface area (Å²) in [6.45, 7) is 2.34. The lowest BCUT2D eigenvalue weighted by Crippen LogP contribution is -2.61. The Kier molecular flexibility index (Phi) is 23.2. The van der Waals surface area contributed by atoms with Crippen molar-refractivity contribution < 1.29 is 73.8 Å². The topological polar surface area (TPSA) is 231 Å². The highest BCUT2D eigenvalue weighted by Crippen LogP contribution is 2.26. The number of carbonyl (C=O) groups is 2. The number of esters is 2. The van der Waals surface area contributed by atoms with E-state index in [4.69, 9.17) is 28.4 Å². The summed E-state index contributed by atoms with van der Waals surface area (Å²) in [5.74, 6) is -0.960. The molecule has 2 aliphatic rings. The van der Waals surface area contributed by atoms with Crippen LogP contribution in [0.2, 0.25) is 0 Å². The zero-order valence-corrected chi connectivity index (χ0v) is 30.3. The minimum Gasteiger partial charge on any atom is -0.462 e. The van der Waals surface area contributed by atoms with Crippen molar-refractivity contribution >= 4 is 11.9 Å². The number of unbranched alkanes of at least 4 members (excludes halogenated alkanes) is 10. The van der Waals surface area contributed by atoms with E-state index < -0.39 is 92.7 Å². The Hall–Kier alpha value is -1.76. The predicted octanol–water partition coefficient (Wildman–Crippen LogP) is 1.53. The van der Waals surface area contributed by atoms with E-state index in [2.05, 4.69) is 26.0 Å². The van der Waals surface area contributed by atoms with Crippen LogP contribution in [0.3, 0.4) is 0 Å². The Morgan fingerprint density at radius 3 is 1.78 bits per heavy atom. The molecular formula is C36H64O15. The summed E-state index contributed by atoms with van der Waals surface area (Å²) in [6.07, 6.45) is 0.726. The van der Waals surface area contributed by atoms with E-state index in [0.29, 0.717) is 12.8 Å². The summed E-state index contributed by atoms with van der Waals surface area (Å²) in [5.41, 5.74) is 0. The fourth-order valence-electron chi connectivity index (χ4n) is 5.72. The van der Waals surface area contributed by atoms with Gasteiger partial charge in [0, 0.05) is 12.8 Å². The minimum absolute atomic E-state index is 0.156. The molecule has 2 fully saturated rings. The summed E-state index contributed by atoms with van der Waals surface area (Å²) in [5, 5.41) is 71.3. The molecule has 0 radical (unpaired) electrons. The first-order valence-electron chi connectivity index (χ1n) is 18.8. The molecular weight excluding hydrogens is 672 g/mol. The van der Waals surface area contributed by atoms with E-state index in [-0.39, 0.29) is 26.1 Å². The largest absolute Gasteiger partial charge is 0.462 e. The van der Waals surface area contributed by atoms with Crippen LogP contribution in [0.25, 0.3) is 0 Å². The third-order valence-electron chi connectivity index (χ3n) is 8.99. The van der Waals surface area contributed by atoms with Crippen molar-refractivity contribution in [2.75, 3.05) is 26.4 Å². The molecule has 0 aromatic rings. The second kappa shape index (κ2) is 26.1. The van der Waals surface area contributed by atoms with Crippen molar-refractivity contribution in [2.24, 2.45) is 0 Å². The van der Waals surface area contributed by atoms with Gasteiger partial charge >= 0.3 is 11.9 Å². The van der Waals surface area contributed by atoms with Crippen LogP contribution in [-0.4, -0.2) is 142 Å². The van der Waals surface area contributed by atoms with Crippen molar-refractivity contribution in [3.8, 4) is 0 Å². The van der Waals surface area contributed by atoms with Crippen LogP contribution >= 0.6 is 0 Å². The van der Waals surface area contributed by atoms with E-state index in [1.807, 2.05) is 0 Å². The molecule has 0 aromatic heterocycles. The van der Waals surface area contributed by atoms with Gasteiger partial charge < -0.3 is 64.2 Å². The van der Waals surface area contributed by atoms with Gasteiger partial charge in [0.2, 0.25) is 0 Å².